The van der Waals surface area contributed by atoms with E-state index in [9.17, 15) is 0 Å². The van der Waals surface area contributed by atoms with Crippen molar-refractivity contribution in [2.75, 3.05) is 0 Å². The van der Waals surface area contributed by atoms with Crippen molar-refractivity contribution in [3.63, 3.8) is 0 Å². The minimum Gasteiger partial charge on any atom is -0.453 e. The van der Waals surface area contributed by atoms with E-state index in [0.717, 1.165) is 38.8 Å². The number of nitrogens with zero attached hydrogens (tertiary/aromatic N) is 1. The second-order valence-corrected chi connectivity index (χ2v) is 13.8. The highest BCUT2D eigenvalue weighted by Gasteiger charge is 2.21. The molecule has 0 fully saturated rings. The summed E-state index contributed by atoms with van der Waals surface area (Å²) in [5.41, 5.74) is 12.4. The standard InChI is InChI=1S/C44H29NOS/c1-26-18-20-37-34(22-26)35-23-27(2)19-21-38(35)45(37)39-15-8-14-31-36-25-29(24-33(43(36)46-44(31)39)28-10-4-3-5-11-28)30-13-9-17-41-42(30)32-12-6-7-16-40(32)47-41/h3-25H,1-2H3. The van der Waals surface area contributed by atoms with Crippen LogP contribution in [-0.2, 0) is 0 Å². The molecular formula is C44H29NOS. The van der Waals surface area contributed by atoms with Crippen LogP contribution in [0.1, 0.15) is 11.1 Å². The lowest BCUT2D eigenvalue weighted by atomic mass is 9.93. The van der Waals surface area contributed by atoms with Crippen molar-refractivity contribution < 1.29 is 4.42 Å². The van der Waals surface area contributed by atoms with Crippen molar-refractivity contribution >= 4 is 75.3 Å². The molecule has 0 bridgehead atoms. The highest BCUT2D eigenvalue weighted by Crippen LogP contribution is 2.45. The maximum atomic E-state index is 7.05. The van der Waals surface area contributed by atoms with Gasteiger partial charge in [-0.25, -0.2) is 0 Å². The van der Waals surface area contributed by atoms with Crippen LogP contribution in [0.25, 0.3) is 91.9 Å². The van der Waals surface area contributed by atoms with E-state index < -0.39 is 0 Å². The Morgan fingerprint density at radius 1 is 0.468 bits per heavy atom. The zero-order valence-corrected chi connectivity index (χ0v) is 26.9. The maximum absolute atomic E-state index is 7.05. The molecule has 0 N–H and O–H groups in total. The average Bonchev–Trinajstić information content (AvgIpc) is 3.77. The minimum atomic E-state index is 0.899. The van der Waals surface area contributed by atoms with Crippen molar-refractivity contribution in [2.45, 2.75) is 13.8 Å². The van der Waals surface area contributed by atoms with E-state index in [0.29, 0.717) is 0 Å². The molecule has 0 spiro atoms. The molecule has 10 rings (SSSR count). The molecule has 2 nitrogen and oxygen atoms in total. The molecule has 0 aliphatic heterocycles. The van der Waals surface area contributed by atoms with Gasteiger partial charge in [-0.15, -0.1) is 11.3 Å². The Kier molecular flexibility index (Phi) is 5.61. The number of thiophene rings is 1. The van der Waals surface area contributed by atoms with Crippen molar-refractivity contribution in [3.05, 3.63) is 151 Å². The second kappa shape index (κ2) is 9.93. The van der Waals surface area contributed by atoms with Gasteiger partial charge in [-0.3, -0.25) is 0 Å². The quantitative estimate of drug-likeness (QED) is 0.192. The number of aryl methyl sites for hydroxylation is 2. The third kappa shape index (κ3) is 3.90. The van der Waals surface area contributed by atoms with Gasteiger partial charge in [0.2, 0.25) is 0 Å². The second-order valence-electron chi connectivity index (χ2n) is 12.7. The molecule has 0 aliphatic rings. The number of furan rings is 1. The Morgan fingerprint density at radius 3 is 1.94 bits per heavy atom. The van der Waals surface area contributed by atoms with Crippen molar-refractivity contribution in [2.24, 2.45) is 0 Å². The molecule has 3 heterocycles. The molecule has 3 aromatic heterocycles. The number of fused-ring (bicyclic) bond motifs is 9. The van der Waals surface area contributed by atoms with Gasteiger partial charge in [0.05, 0.1) is 16.7 Å². The predicted octanol–water partition coefficient (Wildman–Crippen LogP) is 13.0. The molecule has 0 radical (unpaired) electrons. The van der Waals surface area contributed by atoms with Crippen LogP contribution in [-0.4, -0.2) is 4.57 Å². The first-order valence-corrected chi connectivity index (χ1v) is 16.9. The summed E-state index contributed by atoms with van der Waals surface area (Å²) in [6.07, 6.45) is 0. The lowest BCUT2D eigenvalue weighted by molar-refractivity contribution is 0.667. The van der Waals surface area contributed by atoms with E-state index >= 15 is 0 Å². The number of hydrogen-bond acceptors (Lipinski definition) is 2. The summed E-state index contributed by atoms with van der Waals surface area (Å²) in [5.74, 6) is 0. The smallest absolute Gasteiger partial charge is 0.159 e. The van der Waals surface area contributed by atoms with Gasteiger partial charge in [-0.2, -0.15) is 0 Å². The first kappa shape index (κ1) is 26.6. The average molecular weight is 620 g/mol. The summed E-state index contributed by atoms with van der Waals surface area (Å²) >= 11 is 1.86. The van der Waals surface area contributed by atoms with Gasteiger partial charge in [-0.1, -0.05) is 96.1 Å². The number of hydrogen-bond donors (Lipinski definition) is 0. The summed E-state index contributed by atoms with van der Waals surface area (Å²) in [6.45, 7) is 4.33. The van der Waals surface area contributed by atoms with E-state index in [4.69, 9.17) is 4.42 Å². The van der Waals surface area contributed by atoms with Gasteiger partial charge in [0.1, 0.15) is 5.58 Å². The lowest BCUT2D eigenvalue weighted by Crippen LogP contribution is -1.94. The SMILES string of the molecule is Cc1ccc2c(c1)c1cc(C)ccc1n2-c1cccc2c1oc1c(-c3ccccc3)cc(-c3cccc4sc5ccccc5c34)cc12. The summed E-state index contributed by atoms with van der Waals surface area (Å²) in [7, 11) is 0. The van der Waals surface area contributed by atoms with Crippen LogP contribution < -0.4 is 0 Å². The predicted molar refractivity (Wildman–Crippen MR) is 201 cm³/mol. The number of aromatic nitrogens is 1. The lowest BCUT2D eigenvalue weighted by Gasteiger charge is -2.10. The van der Waals surface area contributed by atoms with E-state index in [1.165, 1.54) is 64.2 Å². The van der Waals surface area contributed by atoms with Crippen LogP contribution >= 0.6 is 11.3 Å². The van der Waals surface area contributed by atoms with Crippen LogP contribution in [0.5, 0.6) is 0 Å². The monoisotopic (exact) mass is 619 g/mol. The van der Waals surface area contributed by atoms with Gasteiger partial charge in [0.25, 0.3) is 0 Å². The summed E-state index contributed by atoms with van der Waals surface area (Å²) in [5, 5.41) is 7.40. The molecule has 0 amide bonds. The van der Waals surface area contributed by atoms with Gasteiger partial charge < -0.3 is 8.98 Å². The molecule has 7 aromatic carbocycles. The van der Waals surface area contributed by atoms with Crippen molar-refractivity contribution in [3.8, 4) is 27.9 Å². The minimum absolute atomic E-state index is 0.899. The van der Waals surface area contributed by atoms with E-state index in [-0.39, 0.29) is 0 Å². The largest absolute Gasteiger partial charge is 0.453 e. The normalized spacial score (nSPS) is 12.0. The van der Waals surface area contributed by atoms with Crippen LogP contribution in [0, 0.1) is 13.8 Å². The van der Waals surface area contributed by atoms with Crippen LogP contribution in [0.15, 0.2) is 144 Å². The maximum Gasteiger partial charge on any atom is 0.159 e. The van der Waals surface area contributed by atoms with Gasteiger partial charge in [0.15, 0.2) is 5.58 Å². The summed E-state index contributed by atoms with van der Waals surface area (Å²) in [4.78, 5) is 0. The fourth-order valence-electron chi connectivity index (χ4n) is 7.57. The topological polar surface area (TPSA) is 18.1 Å². The van der Waals surface area contributed by atoms with E-state index in [1.54, 1.807) is 0 Å². The Morgan fingerprint density at radius 2 is 1.15 bits per heavy atom. The number of rotatable bonds is 3. The fourth-order valence-corrected chi connectivity index (χ4v) is 8.71. The zero-order valence-electron chi connectivity index (χ0n) is 26.0. The Balaban J connectivity index is 1.32. The highest BCUT2D eigenvalue weighted by molar-refractivity contribution is 7.25. The van der Waals surface area contributed by atoms with Crippen LogP contribution in [0.3, 0.4) is 0 Å². The molecule has 0 saturated carbocycles. The molecular weight excluding hydrogens is 591 g/mol. The van der Waals surface area contributed by atoms with Crippen molar-refractivity contribution in [1.29, 1.82) is 0 Å². The fraction of sp³-hybridized carbons (Fsp3) is 0.0455. The van der Waals surface area contributed by atoms with Gasteiger partial charge in [-0.05, 0) is 85.1 Å². The van der Waals surface area contributed by atoms with Crippen molar-refractivity contribution in [1.82, 2.24) is 4.57 Å². The van der Waals surface area contributed by atoms with E-state index in [2.05, 4.69) is 158 Å². The molecule has 10 aromatic rings. The molecule has 0 unspecified atom stereocenters. The van der Waals surface area contributed by atoms with Gasteiger partial charge >= 0.3 is 0 Å². The Hall–Kier alpha value is -5.64. The highest BCUT2D eigenvalue weighted by atomic mass is 32.1. The van der Waals surface area contributed by atoms with Crippen LogP contribution in [0.2, 0.25) is 0 Å². The third-order valence-electron chi connectivity index (χ3n) is 9.69. The first-order valence-electron chi connectivity index (χ1n) is 16.1. The summed E-state index contributed by atoms with van der Waals surface area (Å²) in [6, 6.07) is 50.9. The Labute approximate surface area is 275 Å². The zero-order chi connectivity index (χ0) is 31.2. The number of benzene rings is 7. The molecule has 47 heavy (non-hydrogen) atoms. The molecule has 0 atom stereocenters. The molecule has 0 saturated heterocycles. The summed E-state index contributed by atoms with van der Waals surface area (Å²) < 4.78 is 12.1. The molecule has 222 valence electrons. The molecule has 3 heteroatoms. The number of para-hydroxylation sites is 1. The van der Waals surface area contributed by atoms with E-state index in [1.807, 2.05) is 11.3 Å². The first-order chi connectivity index (χ1) is 23.1. The Bertz CT molecular complexity index is 2810. The molecule has 0 aliphatic carbocycles. The van der Waals surface area contributed by atoms with Crippen LogP contribution in [0.4, 0.5) is 0 Å². The van der Waals surface area contributed by atoms with Gasteiger partial charge in [0, 0.05) is 47.3 Å². The third-order valence-corrected chi connectivity index (χ3v) is 10.8.